The maximum atomic E-state index is 5.34. The highest BCUT2D eigenvalue weighted by Gasteiger charge is 2.18. The topological polar surface area (TPSA) is 42.5 Å². The average molecular weight is 301 g/mol. The van der Waals surface area contributed by atoms with E-state index < -0.39 is 0 Å². The Morgan fingerprint density at radius 2 is 1.82 bits per heavy atom. The van der Waals surface area contributed by atoms with E-state index in [1.807, 2.05) is 12.1 Å². The molecule has 0 saturated carbocycles. The highest BCUT2D eigenvalue weighted by Crippen LogP contribution is 2.37. The van der Waals surface area contributed by atoms with E-state index in [0.717, 1.165) is 35.6 Å². The number of halogens is 1. The van der Waals surface area contributed by atoms with Crippen LogP contribution in [0.25, 0.3) is 0 Å². The summed E-state index contributed by atoms with van der Waals surface area (Å²) in [6.45, 7) is 2.92. The maximum Gasteiger partial charge on any atom is 0.137 e. The van der Waals surface area contributed by atoms with Crippen LogP contribution in [0.15, 0.2) is 16.6 Å². The third-order valence-corrected chi connectivity index (χ3v) is 3.69. The molecule has 0 amide bonds. The number of ether oxygens (including phenoxy) is 2. The lowest BCUT2D eigenvalue weighted by Gasteiger charge is -2.25. The molecule has 1 aliphatic heterocycles. The fraction of sp³-hybridized carbons (Fsp3) is 0.500. The molecule has 5 heteroatoms. The summed E-state index contributed by atoms with van der Waals surface area (Å²) in [4.78, 5) is 0. The van der Waals surface area contributed by atoms with E-state index in [9.17, 15) is 0 Å². The largest absolute Gasteiger partial charge is 0.495 e. The van der Waals surface area contributed by atoms with Crippen LogP contribution in [0.1, 0.15) is 11.6 Å². The van der Waals surface area contributed by atoms with Gasteiger partial charge in [-0.1, -0.05) is 0 Å². The molecule has 1 heterocycles. The summed E-state index contributed by atoms with van der Waals surface area (Å²) in [5.41, 5.74) is 1.18. The molecule has 1 aromatic carbocycles. The van der Waals surface area contributed by atoms with Gasteiger partial charge in [0.25, 0.3) is 0 Å². The fourth-order valence-corrected chi connectivity index (χ4v) is 2.53. The third-order valence-electron chi connectivity index (χ3n) is 2.91. The first-order valence-corrected chi connectivity index (χ1v) is 6.41. The molecule has 1 aromatic rings. The van der Waals surface area contributed by atoms with E-state index >= 15 is 0 Å². The Bertz CT molecular complexity index is 367. The summed E-state index contributed by atoms with van der Waals surface area (Å²) in [7, 11) is 3.33. The lowest BCUT2D eigenvalue weighted by atomic mass is 10.0. The van der Waals surface area contributed by atoms with Crippen molar-refractivity contribution >= 4 is 15.9 Å². The molecular weight excluding hydrogens is 284 g/mol. The van der Waals surface area contributed by atoms with Crippen molar-refractivity contribution in [3.8, 4) is 11.5 Å². The van der Waals surface area contributed by atoms with Crippen LogP contribution in [0.5, 0.6) is 11.5 Å². The van der Waals surface area contributed by atoms with Crippen LogP contribution in [0, 0.1) is 0 Å². The quantitative estimate of drug-likeness (QED) is 0.892. The van der Waals surface area contributed by atoms with Crippen molar-refractivity contribution in [2.24, 2.45) is 0 Å². The van der Waals surface area contributed by atoms with Gasteiger partial charge in [0.2, 0.25) is 0 Å². The van der Waals surface area contributed by atoms with Crippen LogP contribution in [0.4, 0.5) is 0 Å². The number of hydrogen-bond donors (Lipinski definition) is 2. The van der Waals surface area contributed by atoms with Crippen molar-refractivity contribution in [3.63, 3.8) is 0 Å². The zero-order valence-corrected chi connectivity index (χ0v) is 11.6. The second kappa shape index (κ2) is 5.71. The molecule has 0 radical (unpaired) electrons. The Labute approximate surface area is 110 Å². The van der Waals surface area contributed by atoms with E-state index in [1.54, 1.807) is 14.2 Å². The van der Waals surface area contributed by atoms with Gasteiger partial charge < -0.3 is 20.1 Å². The van der Waals surface area contributed by atoms with Crippen molar-refractivity contribution in [1.29, 1.82) is 0 Å². The molecule has 1 atom stereocenters. The minimum Gasteiger partial charge on any atom is -0.495 e. The van der Waals surface area contributed by atoms with Crippen LogP contribution >= 0.6 is 15.9 Å². The van der Waals surface area contributed by atoms with E-state index in [2.05, 4.69) is 26.6 Å². The first kappa shape index (κ1) is 12.7. The maximum absolute atomic E-state index is 5.34. The van der Waals surface area contributed by atoms with Gasteiger partial charge in [-0.3, -0.25) is 0 Å². The van der Waals surface area contributed by atoms with Gasteiger partial charge in [-0.25, -0.2) is 0 Å². The van der Waals surface area contributed by atoms with Gasteiger partial charge in [-0.05, 0) is 33.6 Å². The Kier molecular flexibility index (Phi) is 4.25. The number of piperazine rings is 1. The lowest BCUT2D eigenvalue weighted by Crippen LogP contribution is -2.42. The molecule has 1 fully saturated rings. The summed E-state index contributed by atoms with van der Waals surface area (Å²) >= 11 is 3.47. The molecule has 0 aromatic heterocycles. The standard InChI is InChI=1S/C12H17BrN2O2/c1-16-10-5-8(6-11(17-2)12(10)13)9-7-14-3-4-15-9/h5-6,9,14-15H,3-4,7H2,1-2H3/t9-/m0/s1. The van der Waals surface area contributed by atoms with Crippen LogP contribution in [0.3, 0.4) is 0 Å². The van der Waals surface area contributed by atoms with Crippen LogP contribution < -0.4 is 20.1 Å². The first-order valence-electron chi connectivity index (χ1n) is 5.61. The Morgan fingerprint density at radius 1 is 1.18 bits per heavy atom. The van der Waals surface area contributed by atoms with Crippen molar-refractivity contribution in [3.05, 3.63) is 22.2 Å². The van der Waals surface area contributed by atoms with Gasteiger partial charge in [0, 0.05) is 25.7 Å². The summed E-state index contributed by atoms with van der Waals surface area (Å²) in [6, 6.07) is 4.38. The minimum atomic E-state index is 0.305. The number of methoxy groups -OCH3 is 2. The Hall–Kier alpha value is -0.780. The van der Waals surface area contributed by atoms with Crippen molar-refractivity contribution in [2.45, 2.75) is 6.04 Å². The minimum absolute atomic E-state index is 0.305. The zero-order valence-electron chi connectivity index (χ0n) is 10.0. The Morgan fingerprint density at radius 3 is 2.29 bits per heavy atom. The molecule has 0 bridgehead atoms. The normalized spacial score (nSPS) is 20.1. The van der Waals surface area contributed by atoms with Gasteiger partial charge in [0.1, 0.15) is 16.0 Å². The summed E-state index contributed by atoms with van der Waals surface area (Å²) < 4.78 is 11.5. The van der Waals surface area contributed by atoms with Gasteiger partial charge in [-0.15, -0.1) is 0 Å². The van der Waals surface area contributed by atoms with Gasteiger partial charge in [0.05, 0.1) is 14.2 Å². The second-order valence-corrected chi connectivity index (χ2v) is 4.74. The van der Waals surface area contributed by atoms with Gasteiger partial charge in [-0.2, -0.15) is 0 Å². The molecule has 0 spiro atoms. The van der Waals surface area contributed by atoms with Gasteiger partial charge >= 0.3 is 0 Å². The predicted octanol–water partition coefficient (Wildman–Crippen LogP) is 1.70. The smallest absolute Gasteiger partial charge is 0.137 e. The first-order chi connectivity index (χ1) is 8.26. The highest BCUT2D eigenvalue weighted by atomic mass is 79.9. The molecule has 94 valence electrons. The highest BCUT2D eigenvalue weighted by molar-refractivity contribution is 9.10. The molecule has 1 aliphatic rings. The number of rotatable bonds is 3. The Balaban J connectivity index is 2.33. The summed E-state index contributed by atoms with van der Waals surface area (Å²) in [5, 5.41) is 6.84. The predicted molar refractivity (Wildman–Crippen MR) is 70.9 cm³/mol. The summed E-state index contributed by atoms with van der Waals surface area (Å²) in [5.74, 6) is 1.60. The molecule has 17 heavy (non-hydrogen) atoms. The zero-order chi connectivity index (χ0) is 12.3. The van der Waals surface area contributed by atoms with Crippen molar-refractivity contribution in [2.75, 3.05) is 33.9 Å². The van der Waals surface area contributed by atoms with E-state index in [0.29, 0.717) is 6.04 Å². The number of hydrogen-bond acceptors (Lipinski definition) is 4. The van der Waals surface area contributed by atoms with E-state index in [-0.39, 0.29) is 0 Å². The molecule has 2 rings (SSSR count). The lowest BCUT2D eigenvalue weighted by molar-refractivity contribution is 0.382. The van der Waals surface area contributed by atoms with E-state index in [1.165, 1.54) is 5.56 Å². The molecule has 1 saturated heterocycles. The van der Waals surface area contributed by atoms with Crippen molar-refractivity contribution in [1.82, 2.24) is 10.6 Å². The SMILES string of the molecule is COc1cc([C@@H]2CNCCN2)cc(OC)c1Br. The monoisotopic (exact) mass is 300 g/mol. The van der Waals surface area contributed by atoms with Crippen LogP contribution in [-0.4, -0.2) is 33.9 Å². The molecular formula is C12H17BrN2O2. The molecule has 0 unspecified atom stereocenters. The molecule has 0 aliphatic carbocycles. The van der Waals surface area contributed by atoms with Gasteiger partial charge in [0.15, 0.2) is 0 Å². The van der Waals surface area contributed by atoms with Crippen molar-refractivity contribution < 1.29 is 9.47 Å². The second-order valence-electron chi connectivity index (χ2n) is 3.95. The third kappa shape index (κ3) is 2.73. The van der Waals surface area contributed by atoms with Crippen LogP contribution in [-0.2, 0) is 0 Å². The number of nitrogens with one attached hydrogen (secondary N) is 2. The summed E-state index contributed by atoms with van der Waals surface area (Å²) in [6.07, 6.45) is 0. The van der Waals surface area contributed by atoms with Crippen LogP contribution in [0.2, 0.25) is 0 Å². The number of benzene rings is 1. The molecule has 2 N–H and O–H groups in total. The average Bonchev–Trinajstić information content (AvgIpc) is 2.40. The van der Waals surface area contributed by atoms with E-state index in [4.69, 9.17) is 9.47 Å². The fourth-order valence-electron chi connectivity index (χ4n) is 1.98. The molecule has 4 nitrogen and oxygen atoms in total.